The summed E-state index contributed by atoms with van der Waals surface area (Å²) in [6, 6.07) is 4.10. The van der Waals surface area contributed by atoms with Gasteiger partial charge >= 0.3 is 5.97 Å². The van der Waals surface area contributed by atoms with Gasteiger partial charge in [-0.15, -0.1) is 0 Å². The molecule has 0 aliphatic carbocycles. The maximum Gasteiger partial charge on any atom is 0.303 e. The van der Waals surface area contributed by atoms with Crippen LogP contribution in [0.5, 0.6) is 5.75 Å². The molecule has 0 bridgehead atoms. The van der Waals surface area contributed by atoms with Crippen molar-refractivity contribution in [3.63, 3.8) is 0 Å². The summed E-state index contributed by atoms with van der Waals surface area (Å²) in [5.74, 6) is -0.343. The number of carboxylic acids is 1. The van der Waals surface area contributed by atoms with Crippen LogP contribution in [0.3, 0.4) is 0 Å². The Balaban J connectivity index is 2.47. The average Bonchev–Trinajstić information content (AvgIpc) is 2.75. The lowest BCUT2D eigenvalue weighted by molar-refractivity contribution is -0.137. The topological polar surface area (TPSA) is 57.5 Å². The molecule has 1 aromatic carbocycles. The molecule has 0 radical (unpaired) electrons. The quantitative estimate of drug-likeness (QED) is 0.215. The van der Waals surface area contributed by atoms with E-state index in [1.54, 1.807) is 0 Å². The Bertz CT molecular complexity index is 672. The van der Waals surface area contributed by atoms with Gasteiger partial charge in [-0.1, -0.05) is 130 Å². The van der Waals surface area contributed by atoms with Crippen LogP contribution in [0.25, 0.3) is 0 Å². The molecule has 2 N–H and O–H groups in total. The molecule has 0 heterocycles. The molecule has 3 heteroatoms. The van der Waals surface area contributed by atoms with Crippen molar-refractivity contribution in [1.82, 2.24) is 0 Å². The van der Waals surface area contributed by atoms with E-state index in [1.165, 1.54) is 77.0 Å². The molecule has 0 amide bonds. The molecule has 33 heavy (non-hydrogen) atoms. The second-order valence-electron chi connectivity index (χ2n) is 11.0. The lowest BCUT2D eigenvalue weighted by Crippen LogP contribution is -2.14. The number of aromatic hydroxyl groups is 1. The van der Waals surface area contributed by atoms with E-state index in [0.717, 1.165) is 36.0 Å². The van der Waals surface area contributed by atoms with Gasteiger partial charge in [0.15, 0.2) is 0 Å². The van der Waals surface area contributed by atoms with Gasteiger partial charge in [0, 0.05) is 0 Å². The SMILES string of the molecule is CCCCCCCCCCCCCCCC(CC(=O)O)c1cc(CC)c(O)c(C(C)(C)C)c1. The van der Waals surface area contributed by atoms with Gasteiger partial charge < -0.3 is 10.2 Å². The second-order valence-corrected chi connectivity index (χ2v) is 11.0. The number of unbranched alkanes of at least 4 members (excludes halogenated alkanes) is 12. The summed E-state index contributed by atoms with van der Waals surface area (Å²) < 4.78 is 0. The van der Waals surface area contributed by atoms with E-state index >= 15 is 0 Å². The highest BCUT2D eigenvalue weighted by Gasteiger charge is 2.24. The molecule has 1 aromatic rings. The summed E-state index contributed by atoms with van der Waals surface area (Å²) in [6.07, 6.45) is 19.0. The zero-order valence-electron chi connectivity index (χ0n) is 22.3. The standard InChI is InChI=1S/C30H52O3/c1-6-8-9-10-11-12-13-14-15-16-17-18-19-20-25(23-28(31)32)26-21-24(7-2)29(33)27(22-26)30(3,4)5/h21-22,25,33H,6-20,23H2,1-5H3,(H,31,32). The van der Waals surface area contributed by atoms with Crippen molar-refractivity contribution < 1.29 is 15.0 Å². The molecule has 0 saturated carbocycles. The van der Waals surface area contributed by atoms with Crippen LogP contribution in [0.15, 0.2) is 12.1 Å². The molecule has 0 fully saturated rings. The molecule has 1 rings (SSSR count). The summed E-state index contributed by atoms with van der Waals surface area (Å²) >= 11 is 0. The molecular weight excluding hydrogens is 408 g/mol. The Morgan fingerprint density at radius 2 is 1.30 bits per heavy atom. The van der Waals surface area contributed by atoms with E-state index < -0.39 is 5.97 Å². The fourth-order valence-electron chi connectivity index (χ4n) is 4.80. The fraction of sp³-hybridized carbons (Fsp3) is 0.767. The minimum atomic E-state index is -0.738. The van der Waals surface area contributed by atoms with Gasteiger partial charge in [0.25, 0.3) is 0 Å². The third-order valence-corrected chi connectivity index (χ3v) is 6.95. The third kappa shape index (κ3) is 12.0. The number of phenolic OH excluding ortho intramolecular Hbond substituents is 1. The average molecular weight is 461 g/mol. The van der Waals surface area contributed by atoms with Gasteiger partial charge in [0.2, 0.25) is 0 Å². The Morgan fingerprint density at radius 1 is 0.818 bits per heavy atom. The summed E-state index contributed by atoms with van der Waals surface area (Å²) in [5.41, 5.74) is 2.76. The van der Waals surface area contributed by atoms with Crippen LogP contribution >= 0.6 is 0 Å². The predicted octanol–water partition coefficient (Wildman–Crippen LogP) is 9.29. The number of carbonyl (C=O) groups is 1. The molecular formula is C30H52O3. The molecule has 1 unspecified atom stereocenters. The number of carboxylic acid groups (broad SMARTS) is 1. The van der Waals surface area contributed by atoms with Crippen LogP contribution in [0.4, 0.5) is 0 Å². The Kier molecular flexibility index (Phi) is 14.5. The lowest BCUT2D eigenvalue weighted by Gasteiger charge is -2.25. The normalized spacial score (nSPS) is 12.8. The summed E-state index contributed by atoms with van der Waals surface area (Å²) in [6.45, 7) is 10.6. The Hall–Kier alpha value is -1.51. The number of rotatable bonds is 18. The van der Waals surface area contributed by atoms with Gasteiger partial charge in [-0.25, -0.2) is 0 Å². The first-order valence-corrected chi connectivity index (χ1v) is 13.8. The monoisotopic (exact) mass is 460 g/mol. The zero-order chi connectivity index (χ0) is 24.7. The fourth-order valence-corrected chi connectivity index (χ4v) is 4.80. The number of phenols is 1. The highest BCUT2D eigenvalue weighted by molar-refractivity contribution is 5.68. The van der Waals surface area contributed by atoms with Crippen LogP contribution in [-0.4, -0.2) is 16.2 Å². The number of hydrogen-bond acceptors (Lipinski definition) is 2. The maximum absolute atomic E-state index is 11.6. The second kappa shape index (κ2) is 16.2. The molecule has 1 atom stereocenters. The minimum absolute atomic E-state index is 0.0159. The number of aryl methyl sites for hydroxylation is 1. The van der Waals surface area contributed by atoms with E-state index in [-0.39, 0.29) is 17.8 Å². The van der Waals surface area contributed by atoms with Crippen molar-refractivity contribution in [2.45, 2.75) is 149 Å². The minimum Gasteiger partial charge on any atom is -0.507 e. The molecule has 0 spiro atoms. The van der Waals surface area contributed by atoms with Gasteiger partial charge in [-0.2, -0.15) is 0 Å². The molecule has 3 nitrogen and oxygen atoms in total. The van der Waals surface area contributed by atoms with Crippen LogP contribution in [0.1, 0.15) is 154 Å². The highest BCUT2D eigenvalue weighted by Crippen LogP contribution is 2.38. The summed E-state index contributed by atoms with van der Waals surface area (Å²) in [5, 5.41) is 20.2. The van der Waals surface area contributed by atoms with E-state index in [2.05, 4.69) is 33.8 Å². The summed E-state index contributed by atoms with van der Waals surface area (Å²) in [7, 11) is 0. The zero-order valence-corrected chi connectivity index (χ0v) is 22.3. The maximum atomic E-state index is 11.6. The smallest absolute Gasteiger partial charge is 0.303 e. The van der Waals surface area contributed by atoms with E-state index in [4.69, 9.17) is 0 Å². The molecule has 0 aliphatic rings. The molecule has 0 aliphatic heterocycles. The van der Waals surface area contributed by atoms with Crippen LogP contribution in [-0.2, 0) is 16.6 Å². The van der Waals surface area contributed by atoms with Crippen LogP contribution in [0, 0.1) is 0 Å². The van der Waals surface area contributed by atoms with Gasteiger partial charge in [-0.05, 0) is 40.9 Å². The highest BCUT2D eigenvalue weighted by atomic mass is 16.4. The number of benzene rings is 1. The first kappa shape index (κ1) is 29.5. The van der Waals surface area contributed by atoms with Gasteiger partial charge in [0.1, 0.15) is 5.75 Å². The van der Waals surface area contributed by atoms with Crippen LogP contribution in [0.2, 0.25) is 0 Å². The van der Waals surface area contributed by atoms with E-state index in [0.29, 0.717) is 5.75 Å². The number of hydrogen-bond donors (Lipinski definition) is 2. The predicted molar refractivity (Wildman–Crippen MR) is 141 cm³/mol. The Morgan fingerprint density at radius 3 is 1.73 bits per heavy atom. The molecule has 190 valence electrons. The molecule has 0 saturated heterocycles. The van der Waals surface area contributed by atoms with Crippen molar-refractivity contribution in [2.24, 2.45) is 0 Å². The summed E-state index contributed by atoms with van der Waals surface area (Å²) in [4.78, 5) is 11.6. The largest absolute Gasteiger partial charge is 0.507 e. The van der Waals surface area contributed by atoms with Gasteiger partial charge in [0.05, 0.1) is 6.42 Å². The lowest BCUT2D eigenvalue weighted by atomic mass is 9.80. The van der Waals surface area contributed by atoms with Gasteiger partial charge in [-0.3, -0.25) is 4.79 Å². The van der Waals surface area contributed by atoms with E-state index in [1.807, 2.05) is 13.0 Å². The third-order valence-electron chi connectivity index (χ3n) is 6.95. The van der Waals surface area contributed by atoms with Crippen LogP contribution < -0.4 is 0 Å². The first-order chi connectivity index (χ1) is 15.7. The molecule has 0 aromatic heterocycles. The van der Waals surface area contributed by atoms with Crippen molar-refractivity contribution in [3.8, 4) is 5.75 Å². The van der Waals surface area contributed by atoms with Crippen molar-refractivity contribution in [3.05, 3.63) is 28.8 Å². The van der Waals surface area contributed by atoms with Crippen molar-refractivity contribution in [2.75, 3.05) is 0 Å². The number of aliphatic carboxylic acids is 1. The van der Waals surface area contributed by atoms with E-state index in [9.17, 15) is 15.0 Å². The van der Waals surface area contributed by atoms with Crippen molar-refractivity contribution >= 4 is 5.97 Å². The first-order valence-electron chi connectivity index (χ1n) is 13.8. The van der Waals surface area contributed by atoms with Crippen molar-refractivity contribution in [1.29, 1.82) is 0 Å². The Labute approximate surface area is 204 Å².